The summed E-state index contributed by atoms with van der Waals surface area (Å²) in [6, 6.07) is 0. The highest BCUT2D eigenvalue weighted by atomic mass is 79.9. The highest BCUT2D eigenvalue weighted by Crippen LogP contribution is 2.01. The van der Waals surface area contributed by atoms with Crippen molar-refractivity contribution in [2.45, 2.75) is 24.8 Å². The lowest BCUT2D eigenvalue weighted by Crippen LogP contribution is -2.10. The Bertz CT molecular complexity index is 28.5. The molecule has 6 heavy (non-hydrogen) atoms. The SMILES string of the molecule is CC(O)C(C)Br. The molecule has 0 heterocycles. The average molecular weight is 153 g/mol. The van der Waals surface area contributed by atoms with Crippen LogP contribution in [-0.2, 0) is 0 Å². The van der Waals surface area contributed by atoms with Crippen LogP contribution in [0.3, 0.4) is 0 Å². The van der Waals surface area contributed by atoms with Gasteiger partial charge in [-0.05, 0) is 6.92 Å². The number of hydrogen-bond donors (Lipinski definition) is 1. The van der Waals surface area contributed by atoms with E-state index < -0.39 is 0 Å². The second-order valence-electron chi connectivity index (χ2n) is 1.42. The molecule has 1 N–H and O–H groups in total. The van der Waals surface area contributed by atoms with Crippen molar-refractivity contribution in [2.24, 2.45) is 0 Å². The molecule has 0 rings (SSSR count). The maximum absolute atomic E-state index is 8.58. The highest BCUT2D eigenvalue weighted by molar-refractivity contribution is 9.09. The molecular weight excluding hydrogens is 144 g/mol. The molecule has 0 aliphatic carbocycles. The first-order valence-electron chi connectivity index (χ1n) is 1.96. The number of halogens is 1. The summed E-state index contributed by atoms with van der Waals surface area (Å²) in [5.41, 5.74) is 0. The molecule has 2 unspecified atom stereocenters. The summed E-state index contributed by atoms with van der Waals surface area (Å²) in [7, 11) is 0. The monoisotopic (exact) mass is 152 g/mol. The fourth-order valence-electron chi connectivity index (χ4n) is 0. The van der Waals surface area contributed by atoms with Crippen LogP contribution in [-0.4, -0.2) is 16.0 Å². The highest BCUT2D eigenvalue weighted by Gasteiger charge is 1.99. The summed E-state index contributed by atoms with van der Waals surface area (Å²) in [6.45, 7) is 3.66. The van der Waals surface area contributed by atoms with E-state index in [0.29, 0.717) is 0 Å². The van der Waals surface area contributed by atoms with Crippen LogP contribution in [0.25, 0.3) is 0 Å². The van der Waals surface area contributed by atoms with Crippen LogP contribution in [0.2, 0.25) is 0 Å². The zero-order valence-electron chi connectivity index (χ0n) is 3.98. The van der Waals surface area contributed by atoms with Crippen molar-refractivity contribution in [3.63, 3.8) is 0 Å². The van der Waals surface area contributed by atoms with Crippen molar-refractivity contribution in [2.75, 3.05) is 0 Å². The van der Waals surface area contributed by atoms with Crippen molar-refractivity contribution >= 4 is 15.9 Å². The summed E-state index contributed by atoms with van der Waals surface area (Å²) in [4.78, 5) is 0.220. The molecule has 0 spiro atoms. The molecule has 0 fully saturated rings. The molecule has 0 saturated carbocycles. The molecule has 0 radical (unpaired) electrons. The van der Waals surface area contributed by atoms with Crippen LogP contribution in [0.1, 0.15) is 13.8 Å². The summed E-state index contributed by atoms with van der Waals surface area (Å²) in [6.07, 6.45) is -0.231. The number of aliphatic hydroxyl groups is 1. The van der Waals surface area contributed by atoms with E-state index >= 15 is 0 Å². The van der Waals surface area contributed by atoms with Crippen molar-refractivity contribution in [3.05, 3.63) is 0 Å². The van der Waals surface area contributed by atoms with E-state index in [4.69, 9.17) is 5.11 Å². The third kappa shape index (κ3) is 2.67. The molecule has 0 aromatic carbocycles. The van der Waals surface area contributed by atoms with Crippen LogP contribution in [0.15, 0.2) is 0 Å². The van der Waals surface area contributed by atoms with Crippen LogP contribution < -0.4 is 0 Å². The minimum atomic E-state index is -0.231. The van der Waals surface area contributed by atoms with Gasteiger partial charge < -0.3 is 5.11 Å². The maximum atomic E-state index is 8.58. The third-order valence-corrected chi connectivity index (χ3v) is 1.43. The van der Waals surface area contributed by atoms with E-state index in [1.165, 1.54) is 0 Å². The van der Waals surface area contributed by atoms with Gasteiger partial charge >= 0.3 is 0 Å². The molecule has 2 atom stereocenters. The van der Waals surface area contributed by atoms with Crippen LogP contribution in [0.5, 0.6) is 0 Å². The standard InChI is InChI=1S/C4H9BrO/c1-3(5)4(2)6/h3-4,6H,1-2H3. The molecule has 38 valence electrons. The number of aliphatic hydroxyl groups excluding tert-OH is 1. The van der Waals surface area contributed by atoms with Crippen molar-refractivity contribution in [3.8, 4) is 0 Å². The van der Waals surface area contributed by atoms with Gasteiger partial charge in [0.1, 0.15) is 0 Å². The second-order valence-corrected chi connectivity index (χ2v) is 2.86. The Morgan fingerprint density at radius 2 is 1.67 bits per heavy atom. The van der Waals surface area contributed by atoms with E-state index in [1.54, 1.807) is 6.92 Å². The Morgan fingerprint density at radius 3 is 1.67 bits per heavy atom. The fraction of sp³-hybridized carbons (Fsp3) is 1.00. The molecule has 0 amide bonds. The first-order chi connectivity index (χ1) is 2.64. The molecule has 0 aromatic heterocycles. The summed E-state index contributed by atoms with van der Waals surface area (Å²) >= 11 is 3.19. The summed E-state index contributed by atoms with van der Waals surface area (Å²) < 4.78 is 0. The summed E-state index contributed by atoms with van der Waals surface area (Å²) in [5.74, 6) is 0. The molecule has 0 aliphatic rings. The zero-order valence-corrected chi connectivity index (χ0v) is 5.57. The Hall–Kier alpha value is 0.440. The van der Waals surface area contributed by atoms with E-state index in [9.17, 15) is 0 Å². The lowest BCUT2D eigenvalue weighted by molar-refractivity contribution is 0.198. The maximum Gasteiger partial charge on any atom is 0.0634 e. The first-order valence-corrected chi connectivity index (χ1v) is 2.88. The number of rotatable bonds is 1. The lowest BCUT2D eigenvalue weighted by atomic mass is 10.3. The van der Waals surface area contributed by atoms with Gasteiger partial charge in [0.05, 0.1) is 6.10 Å². The van der Waals surface area contributed by atoms with Gasteiger partial charge in [-0.1, -0.05) is 22.9 Å². The van der Waals surface area contributed by atoms with Gasteiger partial charge in [0, 0.05) is 4.83 Å². The van der Waals surface area contributed by atoms with Crippen molar-refractivity contribution in [1.82, 2.24) is 0 Å². The van der Waals surface area contributed by atoms with Gasteiger partial charge in [-0.2, -0.15) is 0 Å². The van der Waals surface area contributed by atoms with E-state index in [2.05, 4.69) is 15.9 Å². The van der Waals surface area contributed by atoms with Gasteiger partial charge in [0.25, 0.3) is 0 Å². The van der Waals surface area contributed by atoms with Crippen LogP contribution in [0.4, 0.5) is 0 Å². The van der Waals surface area contributed by atoms with Crippen molar-refractivity contribution in [1.29, 1.82) is 0 Å². The van der Waals surface area contributed by atoms with Gasteiger partial charge in [-0.15, -0.1) is 0 Å². The van der Waals surface area contributed by atoms with Gasteiger partial charge in [0.2, 0.25) is 0 Å². The fourth-order valence-corrected chi connectivity index (χ4v) is 0. The minimum absolute atomic E-state index is 0.220. The quantitative estimate of drug-likeness (QED) is 0.560. The number of alkyl halides is 1. The lowest BCUT2D eigenvalue weighted by Gasteiger charge is -2.02. The predicted molar refractivity (Wildman–Crippen MR) is 30.1 cm³/mol. The van der Waals surface area contributed by atoms with Crippen LogP contribution >= 0.6 is 15.9 Å². The molecular formula is C4H9BrO. The molecule has 2 heteroatoms. The van der Waals surface area contributed by atoms with E-state index in [-0.39, 0.29) is 10.9 Å². The molecule has 0 aliphatic heterocycles. The largest absolute Gasteiger partial charge is 0.392 e. The van der Waals surface area contributed by atoms with Gasteiger partial charge in [0.15, 0.2) is 0 Å². The first kappa shape index (κ1) is 6.44. The molecule has 0 aromatic rings. The third-order valence-electron chi connectivity index (χ3n) is 0.665. The smallest absolute Gasteiger partial charge is 0.0634 e. The van der Waals surface area contributed by atoms with Gasteiger partial charge in [-0.3, -0.25) is 0 Å². The van der Waals surface area contributed by atoms with E-state index in [1.807, 2.05) is 6.92 Å². The molecule has 1 nitrogen and oxygen atoms in total. The van der Waals surface area contributed by atoms with E-state index in [0.717, 1.165) is 0 Å². The van der Waals surface area contributed by atoms with Crippen LogP contribution in [0, 0.1) is 0 Å². The average Bonchev–Trinajstić information content (AvgIpc) is 1.36. The Labute approximate surface area is 46.5 Å². The normalized spacial score (nSPS) is 20.0. The Balaban J connectivity index is 2.99. The predicted octanol–water partition coefficient (Wildman–Crippen LogP) is 1.15. The molecule has 0 bridgehead atoms. The Kier molecular flexibility index (Phi) is 2.78. The summed E-state index contributed by atoms with van der Waals surface area (Å²) in [5, 5.41) is 8.58. The topological polar surface area (TPSA) is 20.2 Å². The van der Waals surface area contributed by atoms with Gasteiger partial charge in [-0.25, -0.2) is 0 Å². The Morgan fingerprint density at radius 1 is 1.50 bits per heavy atom. The number of hydrogen-bond acceptors (Lipinski definition) is 1. The van der Waals surface area contributed by atoms with Crippen molar-refractivity contribution < 1.29 is 5.11 Å². The zero-order chi connectivity index (χ0) is 5.15. The minimum Gasteiger partial charge on any atom is -0.392 e. The second kappa shape index (κ2) is 2.59. The molecule has 0 saturated heterocycles.